The Morgan fingerprint density at radius 1 is 0.794 bits per heavy atom. The molecule has 0 aliphatic carbocycles. The number of fused-ring (bicyclic) bond motifs is 1. The molecule has 0 unspecified atom stereocenters. The number of hydrogen-bond acceptors (Lipinski definition) is 3. The maximum absolute atomic E-state index is 13.7. The van der Waals surface area contributed by atoms with Crippen LogP contribution in [0.1, 0.15) is 41.4 Å². The first-order chi connectivity index (χ1) is 16.7. The molecular weight excluding hydrogens is 420 g/mol. The predicted molar refractivity (Wildman–Crippen MR) is 137 cm³/mol. The number of ketones is 1. The van der Waals surface area contributed by atoms with E-state index in [-0.39, 0.29) is 11.5 Å². The van der Waals surface area contributed by atoms with Gasteiger partial charge in [-0.3, -0.25) is 4.79 Å². The quantitative estimate of drug-likeness (QED) is 0.257. The standard InChI is InChI=1S/C31H26O3/c1-2-3-15-29-30(25-14-7-8-16-28(25)34-29)31(33)24-17-18-27(32)26(20-24)23-13-9-12-22(19-23)21-10-5-4-6-11-21/h4-14,16-20,32H,2-3,15H2,1H3. The minimum Gasteiger partial charge on any atom is -0.507 e. The average Bonchev–Trinajstić information content (AvgIpc) is 3.26. The van der Waals surface area contributed by atoms with Crippen molar-refractivity contribution in [2.75, 3.05) is 0 Å². The van der Waals surface area contributed by atoms with Gasteiger partial charge in [-0.25, -0.2) is 0 Å². The SMILES string of the molecule is CCCCc1oc2ccccc2c1C(=O)c1ccc(O)c(-c2cccc(-c3ccccc3)c2)c1. The Hall–Kier alpha value is -4.11. The molecule has 0 bridgehead atoms. The first-order valence-corrected chi connectivity index (χ1v) is 11.7. The number of phenols is 1. The van der Waals surface area contributed by atoms with Gasteiger partial charge in [0.25, 0.3) is 0 Å². The predicted octanol–water partition coefficient (Wildman–Crippen LogP) is 8.05. The van der Waals surface area contributed by atoms with E-state index in [9.17, 15) is 9.90 Å². The van der Waals surface area contributed by atoms with E-state index in [2.05, 4.69) is 19.1 Å². The molecule has 34 heavy (non-hydrogen) atoms. The third kappa shape index (κ3) is 4.13. The highest BCUT2D eigenvalue weighted by molar-refractivity contribution is 6.17. The van der Waals surface area contributed by atoms with Gasteiger partial charge in [0.2, 0.25) is 0 Å². The molecule has 0 saturated heterocycles. The van der Waals surface area contributed by atoms with Gasteiger partial charge in [0.1, 0.15) is 17.1 Å². The molecule has 1 heterocycles. The van der Waals surface area contributed by atoms with Crippen molar-refractivity contribution >= 4 is 16.8 Å². The van der Waals surface area contributed by atoms with Crippen molar-refractivity contribution in [1.82, 2.24) is 0 Å². The number of unbranched alkanes of at least 4 members (excludes halogenated alkanes) is 1. The van der Waals surface area contributed by atoms with Crippen molar-refractivity contribution in [1.29, 1.82) is 0 Å². The molecule has 1 N–H and O–H groups in total. The van der Waals surface area contributed by atoms with Gasteiger partial charge in [0, 0.05) is 22.9 Å². The second-order valence-electron chi connectivity index (χ2n) is 8.51. The molecule has 0 fully saturated rings. The number of rotatable bonds is 7. The van der Waals surface area contributed by atoms with E-state index in [4.69, 9.17) is 4.42 Å². The molecule has 0 aliphatic rings. The molecule has 0 saturated carbocycles. The van der Waals surface area contributed by atoms with E-state index in [0.717, 1.165) is 52.7 Å². The molecule has 5 rings (SSSR count). The number of benzene rings is 4. The van der Waals surface area contributed by atoms with Crippen LogP contribution in [0.5, 0.6) is 5.75 Å². The maximum atomic E-state index is 13.7. The summed E-state index contributed by atoms with van der Waals surface area (Å²) in [6, 6.07) is 30.9. The van der Waals surface area contributed by atoms with Crippen LogP contribution < -0.4 is 0 Å². The summed E-state index contributed by atoms with van der Waals surface area (Å²) in [5.41, 5.74) is 5.52. The summed E-state index contributed by atoms with van der Waals surface area (Å²) in [6.07, 6.45) is 2.69. The van der Waals surface area contributed by atoms with Gasteiger partial charge < -0.3 is 9.52 Å². The van der Waals surface area contributed by atoms with Crippen molar-refractivity contribution < 1.29 is 14.3 Å². The van der Waals surface area contributed by atoms with Crippen LogP contribution in [0.15, 0.2) is 101 Å². The fraction of sp³-hybridized carbons (Fsp3) is 0.129. The zero-order valence-electron chi connectivity index (χ0n) is 19.1. The lowest BCUT2D eigenvalue weighted by atomic mass is 9.94. The van der Waals surface area contributed by atoms with Crippen molar-refractivity contribution in [3.05, 3.63) is 114 Å². The summed E-state index contributed by atoms with van der Waals surface area (Å²) in [6.45, 7) is 2.12. The van der Waals surface area contributed by atoms with Crippen molar-refractivity contribution in [3.8, 4) is 28.0 Å². The van der Waals surface area contributed by atoms with E-state index >= 15 is 0 Å². The van der Waals surface area contributed by atoms with E-state index in [0.29, 0.717) is 16.7 Å². The number of para-hydroxylation sites is 1. The average molecular weight is 447 g/mol. The molecule has 0 aliphatic heterocycles. The Bertz CT molecular complexity index is 1460. The molecular formula is C31H26O3. The monoisotopic (exact) mass is 446 g/mol. The minimum absolute atomic E-state index is 0.0866. The fourth-order valence-corrected chi connectivity index (χ4v) is 4.41. The van der Waals surface area contributed by atoms with Crippen LogP contribution >= 0.6 is 0 Å². The fourth-order valence-electron chi connectivity index (χ4n) is 4.41. The van der Waals surface area contributed by atoms with Gasteiger partial charge in [-0.2, -0.15) is 0 Å². The summed E-state index contributed by atoms with van der Waals surface area (Å²) in [5, 5.41) is 11.5. The highest BCUT2D eigenvalue weighted by Gasteiger charge is 2.22. The largest absolute Gasteiger partial charge is 0.507 e. The summed E-state index contributed by atoms with van der Waals surface area (Å²) in [5.74, 6) is 0.787. The van der Waals surface area contributed by atoms with E-state index in [1.54, 1.807) is 18.2 Å². The van der Waals surface area contributed by atoms with Crippen molar-refractivity contribution in [3.63, 3.8) is 0 Å². The zero-order valence-corrected chi connectivity index (χ0v) is 19.1. The maximum Gasteiger partial charge on any atom is 0.197 e. The topological polar surface area (TPSA) is 50.4 Å². The van der Waals surface area contributed by atoms with Crippen LogP contribution in [0.2, 0.25) is 0 Å². The van der Waals surface area contributed by atoms with E-state index in [1.807, 2.05) is 66.7 Å². The van der Waals surface area contributed by atoms with Gasteiger partial charge in [0.15, 0.2) is 5.78 Å². The Kier molecular flexibility index (Phi) is 6.01. The normalized spacial score (nSPS) is 11.1. The smallest absolute Gasteiger partial charge is 0.197 e. The summed E-state index contributed by atoms with van der Waals surface area (Å²) in [4.78, 5) is 13.7. The first kappa shape index (κ1) is 21.7. The van der Waals surface area contributed by atoms with Crippen LogP contribution in [-0.2, 0) is 6.42 Å². The summed E-state index contributed by atoms with van der Waals surface area (Å²) in [7, 11) is 0. The van der Waals surface area contributed by atoms with Gasteiger partial charge >= 0.3 is 0 Å². The van der Waals surface area contributed by atoms with Crippen LogP contribution in [0.3, 0.4) is 0 Å². The van der Waals surface area contributed by atoms with Gasteiger partial charge in [-0.05, 0) is 53.4 Å². The van der Waals surface area contributed by atoms with Gasteiger partial charge in [-0.1, -0.05) is 80.1 Å². The van der Waals surface area contributed by atoms with Crippen LogP contribution in [0.4, 0.5) is 0 Å². The first-order valence-electron chi connectivity index (χ1n) is 11.7. The van der Waals surface area contributed by atoms with Crippen LogP contribution in [0, 0.1) is 0 Å². The Morgan fingerprint density at radius 3 is 2.35 bits per heavy atom. The second-order valence-corrected chi connectivity index (χ2v) is 8.51. The van der Waals surface area contributed by atoms with Crippen molar-refractivity contribution in [2.45, 2.75) is 26.2 Å². The molecule has 4 aromatic carbocycles. The highest BCUT2D eigenvalue weighted by atomic mass is 16.3. The number of hydrogen-bond donors (Lipinski definition) is 1. The third-order valence-corrected chi connectivity index (χ3v) is 6.19. The molecule has 5 aromatic rings. The van der Waals surface area contributed by atoms with Crippen molar-refractivity contribution in [2.24, 2.45) is 0 Å². The molecule has 3 heteroatoms. The lowest BCUT2D eigenvalue weighted by Gasteiger charge is -2.10. The summed E-state index contributed by atoms with van der Waals surface area (Å²) >= 11 is 0. The van der Waals surface area contributed by atoms with Gasteiger partial charge in [0.05, 0.1) is 5.56 Å². The lowest BCUT2D eigenvalue weighted by molar-refractivity contribution is 0.103. The number of carbonyl (C=O) groups excluding carboxylic acids is 1. The number of phenolic OH excluding ortho intramolecular Hbond substituents is 1. The Morgan fingerprint density at radius 2 is 1.53 bits per heavy atom. The number of furan rings is 1. The lowest BCUT2D eigenvalue weighted by Crippen LogP contribution is -2.04. The number of aryl methyl sites for hydroxylation is 1. The van der Waals surface area contributed by atoms with Gasteiger partial charge in [-0.15, -0.1) is 0 Å². The zero-order chi connectivity index (χ0) is 23.5. The van der Waals surface area contributed by atoms with Crippen LogP contribution in [0.25, 0.3) is 33.2 Å². The number of carbonyl (C=O) groups is 1. The summed E-state index contributed by atoms with van der Waals surface area (Å²) < 4.78 is 6.08. The molecule has 0 amide bonds. The molecule has 3 nitrogen and oxygen atoms in total. The minimum atomic E-state index is -0.0866. The third-order valence-electron chi connectivity index (χ3n) is 6.19. The molecule has 0 spiro atoms. The number of aromatic hydroxyl groups is 1. The van der Waals surface area contributed by atoms with E-state index < -0.39 is 0 Å². The molecule has 168 valence electrons. The Labute approximate surface area is 199 Å². The molecule has 0 atom stereocenters. The molecule has 0 radical (unpaired) electrons. The molecule has 1 aromatic heterocycles. The second kappa shape index (κ2) is 9.40. The van der Waals surface area contributed by atoms with Crippen LogP contribution in [-0.4, -0.2) is 10.9 Å². The Balaban J connectivity index is 1.58. The highest BCUT2D eigenvalue weighted by Crippen LogP contribution is 2.35. The van der Waals surface area contributed by atoms with E-state index in [1.165, 1.54) is 0 Å².